The molecule has 3 heteroatoms. The number of hydrogen-bond acceptors (Lipinski definition) is 3. The van der Waals surface area contributed by atoms with Crippen LogP contribution in [-0.4, -0.2) is 24.1 Å². The quantitative estimate of drug-likeness (QED) is 0.775. The second kappa shape index (κ2) is 6.96. The minimum atomic E-state index is 0.560. The van der Waals surface area contributed by atoms with E-state index in [9.17, 15) is 0 Å². The summed E-state index contributed by atoms with van der Waals surface area (Å²) in [4.78, 5) is 0. The summed E-state index contributed by atoms with van der Waals surface area (Å²) in [6.07, 6.45) is 6.05. The number of aryl methyl sites for hydroxylation is 1. The largest absolute Gasteiger partial charge is 0.469 e. The lowest BCUT2D eigenvalue weighted by Gasteiger charge is -2.15. The van der Waals surface area contributed by atoms with Crippen molar-refractivity contribution in [2.24, 2.45) is 0 Å². The average Bonchev–Trinajstić information content (AvgIpc) is 2.75. The van der Waals surface area contributed by atoms with Crippen molar-refractivity contribution in [1.29, 1.82) is 0 Å². The number of rotatable bonds is 7. The molecule has 0 amide bonds. The minimum Gasteiger partial charge on any atom is -0.469 e. The fraction of sp³-hybridized carbons (Fsp3) is 0.667. The SMILES string of the molecule is CSC(C)CNC(C)CCc1ccco1. The third-order valence-corrected chi connectivity index (χ3v) is 3.53. The van der Waals surface area contributed by atoms with E-state index in [0.717, 1.165) is 25.1 Å². The molecule has 1 heterocycles. The van der Waals surface area contributed by atoms with Gasteiger partial charge in [-0.05, 0) is 31.7 Å². The maximum absolute atomic E-state index is 5.30. The molecule has 0 aliphatic heterocycles. The third kappa shape index (κ3) is 5.28. The van der Waals surface area contributed by atoms with E-state index in [1.54, 1.807) is 6.26 Å². The van der Waals surface area contributed by atoms with E-state index in [0.29, 0.717) is 11.3 Å². The van der Waals surface area contributed by atoms with Crippen LogP contribution in [0.5, 0.6) is 0 Å². The summed E-state index contributed by atoms with van der Waals surface area (Å²) in [7, 11) is 0. The summed E-state index contributed by atoms with van der Waals surface area (Å²) in [5, 5.41) is 4.22. The zero-order valence-corrected chi connectivity index (χ0v) is 10.6. The van der Waals surface area contributed by atoms with Crippen molar-refractivity contribution in [1.82, 2.24) is 5.32 Å². The van der Waals surface area contributed by atoms with Crippen molar-refractivity contribution in [3.63, 3.8) is 0 Å². The van der Waals surface area contributed by atoms with Crippen LogP contribution >= 0.6 is 11.8 Å². The Balaban J connectivity index is 2.11. The van der Waals surface area contributed by atoms with Gasteiger partial charge in [0.1, 0.15) is 5.76 Å². The molecule has 0 spiro atoms. The first-order chi connectivity index (χ1) is 7.22. The van der Waals surface area contributed by atoms with Crippen molar-refractivity contribution < 1.29 is 4.42 Å². The van der Waals surface area contributed by atoms with Gasteiger partial charge in [-0.1, -0.05) is 6.92 Å². The second-order valence-corrected chi connectivity index (χ2v) is 5.25. The molecule has 0 radical (unpaired) electrons. The summed E-state index contributed by atoms with van der Waals surface area (Å²) < 4.78 is 5.30. The predicted octanol–water partition coefficient (Wildman–Crippen LogP) is 2.94. The van der Waals surface area contributed by atoms with E-state index in [-0.39, 0.29) is 0 Å². The summed E-state index contributed by atoms with van der Waals surface area (Å²) in [6.45, 7) is 5.56. The first-order valence-corrected chi connectivity index (χ1v) is 6.79. The first kappa shape index (κ1) is 12.7. The zero-order chi connectivity index (χ0) is 11.1. The summed E-state index contributed by atoms with van der Waals surface area (Å²) in [6, 6.07) is 4.55. The molecule has 0 fully saturated rings. The molecule has 2 atom stereocenters. The van der Waals surface area contributed by atoms with Crippen molar-refractivity contribution in [3.05, 3.63) is 24.2 Å². The number of nitrogens with one attached hydrogen (secondary N) is 1. The Morgan fingerprint density at radius 2 is 2.27 bits per heavy atom. The van der Waals surface area contributed by atoms with Gasteiger partial charge in [-0.15, -0.1) is 0 Å². The van der Waals surface area contributed by atoms with Crippen molar-refractivity contribution in [3.8, 4) is 0 Å². The van der Waals surface area contributed by atoms with Crippen molar-refractivity contribution in [2.45, 2.75) is 38.0 Å². The van der Waals surface area contributed by atoms with Crippen LogP contribution in [0.4, 0.5) is 0 Å². The normalized spacial score (nSPS) is 15.1. The van der Waals surface area contributed by atoms with Crippen LogP contribution in [0.2, 0.25) is 0 Å². The van der Waals surface area contributed by atoms with Crippen LogP contribution in [0.15, 0.2) is 22.8 Å². The van der Waals surface area contributed by atoms with Gasteiger partial charge in [0.15, 0.2) is 0 Å². The van der Waals surface area contributed by atoms with E-state index >= 15 is 0 Å². The van der Waals surface area contributed by atoms with Crippen LogP contribution in [0.1, 0.15) is 26.0 Å². The fourth-order valence-electron chi connectivity index (χ4n) is 1.37. The van der Waals surface area contributed by atoms with Gasteiger partial charge >= 0.3 is 0 Å². The van der Waals surface area contributed by atoms with Gasteiger partial charge in [-0.25, -0.2) is 0 Å². The Hall–Kier alpha value is -0.410. The number of thioether (sulfide) groups is 1. The van der Waals surface area contributed by atoms with Gasteiger partial charge in [0.2, 0.25) is 0 Å². The van der Waals surface area contributed by atoms with E-state index < -0.39 is 0 Å². The Bertz CT molecular complexity index is 248. The standard InChI is InChI=1S/C12H21NOS/c1-10(13-9-11(2)15-3)6-7-12-5-4-8-14-12/h4-5,8,10-11,13H,6-7,9H2,1-3H3. The van der Waals surface area contributed by atoms with E-state index in [1.165, 1.54) is 0 Å². The van der Waals surface area contributed by atoms with Gasteiger partial charge in [0, 0.05) is 24.3 Å². The molecule has 0 saturated heterocycles. The van der Waals surface area contributed by atoms with Crippen LogP contribution in [0.3, 0.4) is 0 Å². The van der Waals surface area contributed by atoms with Gasteiger partial charge in [-0.2, -0.15) is 11.8 Å². The number of furan rings is 1. The number of hydrogen-bond donors (Lipinski definition) is 1. The Morgan fingerprint density at radius 3 is 2.87 bits per heavy atom. The van der Waals surface area contributed by atoms with Gasteiger partial charge in [-0.3, -0.25) is 0 Å². The summed E-state index contributed by atoms with van der Waals surface area (Å²) >= 11 is 1.90. The highest BCUT2D eigenvalue weighted by Gasteiger charge is 2.05. The smallest absolute Gasteiger partial charge is 0.103 e. The fourth-order valence-corrected chi connectivity index (χ4v) is 1.63. The monoisotopic (exact) mass is 227 g/mol. The maximum atomic E-state index is 5.30. The minimum absolute atomic E-state index is 0.560. The third-order valence-electron chi connectivity index (χ3n) is 2.56. The van der Waals surface area contributed by atoms with Crippen LogP contribution in [-0.2, 0) is 6.42 Å². The highest BCUT2D eigenvalue weighted by Crippen LogP contribution is 2.07. The molecule has 2 nitrogen and oxygen atoms in total. The van der Waals surface area contributed by atoms with Gasteiger partial charge in [0.05, 0.1) is 6.26 Å². The molecule has 0 saturated carbocycles. The zero-order valence-electron chi connectivity index (χ0n) is 9.82. The van der Waals surface area contributed by atoms with E-state index in [2.05, 4.69) is 25.4 Å². The molecule has 2 unspecified atom stereocenters. The van der Waals surface area contributed by atoms with Crippen LogP contribution in [0, 0.1) is 0 Å². The van der Waals surface area contributed by atoms with Crippen LogP contribution in [0.25, 0.3) is 0 Å². The van der Waals surface area contributed by atoms with E-state index in [4.69, 9.17) is 4.42 Å². The Kier molecular flexibility index (Phi) is 5.88. The molecule has 86 valence electrons. The Morgan fingerprint density at radius 1 is 1.47 bits per heavy atom. The second-order valence-electron chi connectivity index (χ2n) is 3.97. The van der Waals surface area contributed by atoms with Crippen molar-refractivity contribution >= 4 is 11.8 Å². The molecule has 0 aromatic carbocycles. The highest BCUT2D eigenvalue weighted by molar-refractivity contribution is 7.99. The predicted molar refractivity (Wildman–Crippen MR) is 67.5 cm³/mol. The average molecular weight is 227 g/mol. The molecule has 0 aliphatic rings. The molecular weight excluding hydrogens is 206 g/mol. The van der Waals surface area contributed by atoms with Gasteiger partial charge < -0.3 is 9.73 Å². The molecule has 0 bridgehead atoms. The maximum Gasteiger partial charge on any atom is 0.103 e. The highest BCUT2D eigenvalue weighted by atomic mass is 32.2. The molecule has 1 aromatic rings. The molecular formula is C12H21NOS. The van der Waals surface area contributed by atoms with Gasteiger partial charge in [0.25, 0.3) is 0 Å². The molecule has 15 heavy (non-hydrogen) atoms. The Labute approximate surface area is 96.8 Å². The lowest BCUT2D eigenvalue weighted by atomic mass is 10.1. The van der Waals surface area contributed by atoms with Crippen LogP contribution < -0.4 is 5.32 Å². The molecule has 1 rings (SSSR count). The molecule has 0 aliphatic carbocycles. The van der Waals surface area contributed by atoms with E-state index in [1.807, 2.05) is 23.9 Å². The summed E-state index contributed by atoms with van der Waals surface area (Å²) in [5.74, 6) is 1.08. The first-order valence-electron chi connectivity index (χ1n) is 5.51. The summed E-state index contributed by atoms with van der Waals surface area (Å²) in [5.41, 5.74) is 0. The lowest BCUT2D eigenvalue weighted by molar-refractivity contribution is 0.462. The van der Waals surface area contributed by atoms with Crippen molar-refractivity contribution in [2.75, 3.05) is 12.8 Å². The molecule has 1 aromatic heterocycles. The topological polar surface area (TPSA) is 25.2 Å². The lowest BCUT2D eigenvalue weighted by Crippen LogP contribution is -2.31. The molecule has 1 N–H and O–H groups in total.